The van der Waals surface area contributed by atoms with Gasteiger partial charge < -0.3 is 13.7 Å². The van der Waals surface area contributed by atoms with E-state index < -0.39 is 0 Å². The minimum atomic E-state index is 0.625. The SMILES string of the molecule is c1ccc(-c2nc(-c3ccccc3)nc(-c3ccc(-n4c5ccc(-c6cn(-c7ccccc7)c7ccccc67)cc5c5cc(-c6cn(-c7ccccc7)c7ccccc67)ccc54)cc3)n2)cc1. The lowest BCUT2D eigenvalue weighted by atomic mass is 10.00. The van der Waals surface area contributed by atoms with Gasteiger partial charge >= 0.3 is 0 Å². The molecule has 0 radical (unpaired) electrons. The van der Waals surface area contributed by atoms with Crippen LogP contribution in [0.3, 0.4) is 0 Å². The van der Waals surface area contributed by atoms with Crippen LogP contribution in [0.25, 0.3) is 117 Å². The Morgan fingerprint density at radius 2 is 0.612 bits per heavy atom. The maximum atomic E-state index is 5.02. The van der Waals surface area contributed by atoms with Gasteiger partial charge in [0.15, 0.2) is 17.5 Å². The smallest absolute Gasteiger partial charge is 0.164 e. The summed E-state index contributed by atoms with van der Waals surface area (Å²) in [7, 11) is 0. The molecule has 9 aromatic carbocycles. The fourth-order valence-corrected chi connectivity index (χ4v) is 9.76. The number of hydrogen-bond acceptors (Lipinski definition) is 3. The normalized spacial score (nSPS) is 11.6. The summed E-state index contributed by atoms with van der Waals surface area (Å²) in [5.74, 6) is 1.91. The molecule has 0 aliphatic heterocycles. The molecule has 0 N–H and O–H groups in total. The average Bonchev–Trinajstić information content (AvgIpc) is 4.10. The highest BCUT2D eigenvalue weighted by atomic mass is 15.0. The molecule has 4 heterocycles. The van der Waals surface area contributed by atoms with Crippen molar-refractivity contribution < 1.29 is 0 Å². The van der Waals surface area contributed by atoms with Gasteiger partial charge in [-0.2, -0.15) is 0 Å². The highest BCUT2D eigenvalue weighted by Crippen LogP contribution is 2.41. The highest BCUT2D eigenvalue weighted by molar-refractivity contribution is 6.13. The largest absolute Gasteiger partial charge is 0.316 e. The van der Waals surface area contributed by atoms with Gasteiger partial charge in [-0.3, -0.25) is 0 Å². The van der Waals surface area contributed by atoms with Crippen LogP contribution < -0.4 is 0 Å². The standard InChI is InChI=1S/C61H40N6/c1-5-17-41(18-6-1)59-62-60(42-19-7-2-8-20-42)64-61(63-59)43-29-33-48(34-30-43)67-57-35-31-44(53-39-65(46-21-9-3-10-22-46)55-27-15-13-25-49(53)55)37-51(57)52-38-45(32-36-58(52)67)54-40-66(47-23-11-4-12-24-47)56-28-16-14-26-50(54)56/h1-40H. The van der Waals surface area contributed by atoms with Crippen LogP contribution in [0.15, 0.2) is 243 Å². The van der Waals surface area contributed by atoms with E-state index in [-0.39, 0.29) is 0 Å². The zero-order valence-electron chi connectivity index (χ0n) is 36.3. The van der Waals surface area contributed by atoms with Gasteiger partial charge in [0.25, 0.3) is 0 Å². The van der Waals surface area contributed by atoms with Gasteiger partial charge in [-0.15, -0.1) is 0 Å². The van der Waals surface area contributed by atoms with Crippen molar-refractivity contribution in [2.75, 3.05) is 0 Å². The van der Waals surface area contributed by atoms with E-state index in [1.165, 1.54) is 43.7 Å². The van der Waals surface area contributed by atoms with Gasteiger partial charge in [0.05, 0.1) is 22.1 Å². The Bertz CT molecular complexity index is 3710. The molecule has 6 nitrogen and oxygen atoms in total. The predicted molar refractivity (Wildman–Crippen MR) is 275 cm³/mol. The molecule has 0 aliphatic carbocycles. The van der Waals surface area contributed by atoms with E-state index in [1.807, 2.05) is 60.7 Å². The summed E-state index contributed by atoms with van der Waals surface area (Å²) < 4.78 is 7.00. The first-order valence-corrected chi connectivity index (χ1v) is 22.6. The van der Waals surface area contributed by atoms with E-state index >= 15 is 0 Å². The third-order valence-corrected chi connectivity index (χ3v) is 13.0. The Morgan fingerprint density at radius 3 is 1.04 bits per heavy atom. The Morgan fingerprint density at radius 1 is 0.254 bits per heavy atom. The number of nitrogens with zero attached hydrogens (tertiary/aromatic N) is 6. The summed E-state index contributed by atoms with van der Waals surface area (Å²) in [5.41, 5.74) is 15.4. The average molecular weight is 857 g/mol. The van der Waals surface area contributed by atoms with Crippen molar-refractivity contribution in [1.82, 2.24) is 28.7 Å². The molecule has 0 bridgehead atoms. The van der Waals surface area contributed by atoms with Crippen molar-refractivity contribution >= 4 is 43.6 Å². The summed E-state index contributed by atoms with van der Waals surface area (Å²) in [6.45, 7) is 0. The second kappa shape index (κ2) is 15.8. The second-order valence-corrected chi connectivity index (χ2v) is 16.9. The van der Waals surface area contributed by atoms with E-state index in [9.17, 15) is 0 Å². The monoisotopic (exact) mass is 856 g/mol. The Kier molecular flexibility index (Phi) is 9.06. The highest BCUT2D eigenvalue weighted by Gasteiger charge is 2.20. The molecule has 0 aliphatic rings. The topological polar surface area (TPSA) is 53.5 Å². The van der Waals surface area contributed by atoms with Crippen molar-refractivity contribution in [1.29, 1.82) is 0 Å². The van der Waals surface area contributed by atoms with Gasteiger partial charge in [-0.1, -0.05) is 146 Å². The van der Waals surface area contributed by atoms with Crippen molar-refractivity contribution in [3.8, 4) is 73.5 Å². The molecule has 67 heavy (non-hydrogen) atoms. The minimum Gasteiger partial charge on any atom is -0.316 e. The van der Waals surface area contributed by atoms with Crippen LogP contribution in [-0.4, -0.2) is 28.7 Å². The van der Waals surface area contributed by atoms with E-state index in [4.69, 9.17) is 15.0 Å². The molecule has 0 saturated carbocycles. The summed E-state index contributed by atoms with van der Waals surface area (Å²) in [6, 6.07) is 81.4. The van der Waals surface area contributed by atoms with E-state index in [0.29, 0.717) is 17.5 Å². The van der Waals surface area contributed by atoms with E-state index in [0.717, 1.165) is 55.9 Å². The van der Waals surface area contributed by atoms with Crippen LogP contribution >= 0.6 is 0 Å². The molecule has 0 atom stereocenters. The third-order valence-electron chi connectivity index (χ3n) is 13.0. The fraction of sp³-hybridized carbons (Fsp3) is 0. The Hall–Kier alpha value is -9.13. The maximum absolute atomic E-state index is 5.02. The zero-order valence-corrected chi connectivity index (χ0v) is 36.3. The van der Waals surface area contributed by atoms with Crippen LogP contribution in [-0.2, 0) is 0 Å². The van der Waals surface area contributed by atoms with E-state index in [1.54, 1.807) is 0 Å². The molecule has 0 saturated heterocycles. The van der Waals surface area contributed by atoms with Gasteiger partial charge in [0.2, 0.25) is 0 Å². The van der Waals surface area contributed by atoms with Gasteiger partial charge in [-0.05, 0) is 96.1 Å². The molecule has 6 heteroatoms. The molecular weight excluding hydrogens is 817 g/mol. The van der Waals surface area contributed by atoms with Crippen molar-refractivity contribution in [3.05, 3.63) is 243 Å². The second-order valence-electron chi connectivity index (χ2n) is 16.9. The molecule has 13 aromatic rings. The Labute approximate surface area is 387 Å². The lowest BCUT2D eigenvalue weighted by molar-refractivity contribution is 1.07. The molecule has 0 amide bonds. The lowest BCUT2D eigenvalue weighted by Gasteiger charge is -2.11. The molecule has 4 aromatic heterocycles. The van der Waals surface area contributed by atoms with Crippen LogP contribution in [0.4, 0.5) is 0 Å². The first kappa shape index (κ1) is 38.3. The van der Waals surface area contributed by atoms with Gasteiger partial charge in [0.1, 0.15) is 0 Å². The number of benzene rings is 9. The third kappa shape index (κ3) is 6.62. The first-order chi connectivity index (χ1) is 33.2. The summed E-state index contributed by atoms with van der Waals surface area (Å²) in [6.07, 6.45) is 4.58. The molecule has 0 spiro atoms. The zero-order chi connectivity index (χ0) is 44.3. The van der Waals surface area contributed by atoms with Gasteiger partial charge in [0, 0.05) is 78.8 Å². The Balaban J connectivity index is 0.992. The summed E-state index contributed by atoms with van der Waals surface area (Å²) in [5, 5.41) is 4.78. The molecule has 13 rings (SSSR count). The molecular formula is C61H40N6. The van der Waals surface area contributed by atoms with Gasteiger partial charge in [-0.25, -0.2) is 15.0 Å². The van der Waals surface area contributed by atoms with Crippen LogP contribution in [0.1, 0.15) is 0 Å². The van der Waals surface area contributed by atoms with Crippen LogP contribution in [0.5, 0.6) is 0 Å². The number of rotatable bonds is 8. The number of fused-ring (bicyclic) bond motifs is 5. The first-order valence-electron chi connectivity index (χ1n) is 22.6. The van der Waals surface area contributed by atoms with Crippen molar-refractivity contribution in [3.63, 3.8) is 0 Å². The van der Waals surface area contributed by atoms with Crippen LogP contribution in [0.2, 0.25) is 0 Å². The van der Waals surface area contributed by atoms with Crippen LogP contribution in [0, 0.1) is 0 Å². The molecule has 0 fully saturated rings. The summed E-state index contributed by atoms with van der Waals surface area (Å²) in [4.78, 5) is 15.0. The maximum Gasteiger partial charge on any atom is 0.164 e. The predicted octanol–water partition coefficient (Wildman–Crippen LogP) is 15.2. The van der Waals surface area contributed by atoms with Crippen molar-refractivity contribution in [2.24, 2.45) is 0 Å². The lowest BCUT2D eigenvalue weighted by Crippen LogP contribution is -2.00. The fourth-order valence-electron chi connectivity index (χ4n) is 9.76. The van der Waals surface area contributed by atoms with E-state index in [2.05, 4.69) is 196 Å². The number of para-hydroxylation sites is 4. The molecule has 314 valence electrons. The molecule has 0 unspecified atom stereocenters. The number of aromatic nitrogens is 6. The minimum absolute atomic E-state index is 0.625. The quantitative estimate of drug-likeness (QED) is 0.153. The van der Waals surface area contributed by atoms with Crippen molar-refractivity contribution in [2.45, 2.75) is 0 Å². The summed E-state index contributed by atoms with van der Waals surface area (Å²) >= 11 is 0. The number of hydrogen-bond donors (Lipinski definition) is 0.